The maximum Gasteiger partial charge on any atom is 0.534 e. The number of halogens is 3. The van der Waals surface area contributed by atoms with Crippen LogP contribution < -0.4 is 4.18 Å². The summed E-state index contributed by atoms with van der Waals surface area (Å²) >= 11 is 0. The number of benzene rings is 1. The molecular weight excluding hydrogens is 357 g/mol. The molecule has 0 spiro atoms. The van der Waals surface area contributed by atoms with Crippen molar-refractivity contribution in [3.05, 3.63) is 59.3 Å². The van der Waals surface area contributed by atoms with Crippen LogP contribution in [0.5, 0.6) is 5.88 Å². The minimum atomic E-state index is -5.70. The van der Waals surface area contributed by atoms with E-state index in [1.54, 1.807) is 6.07 Å². The quantitative estimate of drug-likeness (QED) is 0.610. The van der Waals surface area contributed by atoms with E-state index < -0.39 is 21.5 Å². The summed E-state index contributed by atoms with van der Waals surface area (Å²) in [6.07, 6.45) is 0.505. The molecule has 3 rings (SSSR count). The summed E-state index contributed by atoms with van der Waals surface area (Å²) in [5, 5.41) is 0. The Hall–Kier alpha value is -2.13. The molecule has 0 N–H and O–H groups in total. The van der Waals surface area contributed by atoms with E-state index in [9.17, 15) is 21.6 Å². The van der Waals surface area contributed by atoms with Crippen molar-refractivity contribution in [2.75, 3.05) is 6.54 Å². The Morgan fingerprint density at radius 2 is 1.84 bits per heavy atom. The van der Waals surface area contributed by atoms with Gasteiger partial charge in [-0.15, -0.1) is 0 Å². The molecule has 2 heterocycles. The highest BCUT2D eigenvalue weighted by Gasteiger charge is 2.48. The van der Waals surface area contributed by atoms with Gasteiger partial charge in [-0.25, -0.2) is 4.98 Å². The Bertz CT molecular complexity index is 855. The number of alkyl halides is 3. The molecule has 134 valence electrons. The lowest BCUT2D eigenvalue weighted by Crippen LogP contribution is -2.31. The van der Waals surface area contributed by atoms with Crippen molar-refractivity contribution in [3.63, 3.8) is 0 Å². The Balaban J connectivity index is 1.71. The molecular formula is C16H15F3N2O3S. The molecule has 1 aliphatic rings. The van der Waals surface area contributed by atoms with Crippen molar-refractivity contribution in [2.45, 2.75) is 25.0 Å². The normalized spacial score (nSPS) is 15.6. The Morgan fingerprint density at radius 3 is 2.52 bits per heavy atom. The maximum atomic E-state index is 12.4. The van der Waals surface area contributed by atoms with Crippen LogP contribution in [0.3, 0.4) is 0 Å². The van der Waals surface area contributed by atoms with Gasteiger partial charge in [0.25, 0.3) is 0 Å². The van der Waals surface area contributed by atoms with E-state index in [1.165, 1.54) is 0 Å². The Labute approximate surface area is 143 Å². The second-order valence-electron chi connectivity index (χ2n) is 5.68. The van der Waals surface area contributed by atoms with Gasteiger partial charge in [0, 0.05) is 32.1 Å². The lowest BCUT2D eigenvalue weighted by molar-refractivity contribution is -0.0501. The van der Waals surface area contributed by atoms with E-state index >= 15 is 0 Å². The first-order valence-corrected chi connectivity index (χ1v) is 8.91. The monoisotopic (exact) mass is 372 g/mol. The molecule has 0 saturated heterocycles. The van der Waals surface area contributed by atoms with Crippen LogP contribution >= 0.6 is 0 Å². The summed E-state index contributed by atoms with van der Waals surface area (Å²) in [7, 11) is -5.70. The van der Waals surface area contributed by atoms with Gasteiger partial charge in [-0.05, 0) is 11.1 Å². The van der Waals surface area contributed by atoms with Gasteiger partial charge >= 0.3 is 15.6 Å². The summed E-state index contributed by atoms with van der Waals surface area (Å²) < 4.78 is 63.3. The second-order valence-corrected chi connectivity index (χ2v) is 7.22. The maximum absolute atomic E-state index is 12.4. The van der Waals surface area contributed by atoms with Crippen molar-refractivity contribution in [1.82, 2.24) is 9.88 Å². The van der Waals surface area contributed by atoms with Crippen LogP contribution in [0.25, 0.3) is 0 Å². The fourth-order valence-electron chi connectivity index (χ4n) is 2.64. The number of hydrogen-bond donors (Lipinski definition) is 0. The molecule has 1 aromatic heterocycles. The number of aromatic nitrogens is 1. The SMILES string of the molecule is O=S(=O)(Oc1ccc2c(n1)CCN(Cc1ccccc1)C2)C(F)(F)F. The molecule has 5 nitrogen and oxygen atoms in total. The van der Waals surface area contributed by atoms with Crippen LogP contribution in [0.15, 0.2) is 42.5 Å². The third-order valence-electron chi connectivity index (χ3n) is 3.83. The van der Waals surface area contributed by atoms with Crippen LogP contribution in [0.2, 0.25) is 0 Å². The summed E-state index contributed by atoms with van der Waals surface area (Å²) in [4.78, 5) is 6.11. The predicted molar refractivity (Wildman–Crippen MR) is 84.1 cm³/mol. The highest BCUT2D eigenvalue weighted by molar-refractivity contribution is 7.87. The Kier molecular flexibility index (Phi) is 4.70. The first-order chi connectivity index (χ1) is 11.7. The number of rotatable bonds is 4. The third kappa shape index (κ3) is 4.10. The van der Waals surface area contributed by atoms with Gasteiger partial charge in [-0.1, -0.05) is 36.4 Å². The predicted octanol–water partition coefficient (Wildman–Crippen LogP) is 2.87. The number of nitrogens with zero attached hydrogens (tertiary/aromatic N) is 2. The largest absolute Gasteiger partial charge is 0.534 e. The molecule has 9 heteroatoms. The van der Waals surface area contributed by atoms with Gasteiger partial charge in [0.2, 0.25) is 5.88 Å². The van der Waals surface area contributed by atoms with E-state index in [-0.39, 0.29) is 0 Å². The molecule has 0 amide bonds. The van der Waals surface area contributed by atoms with Crippen molar-refractivity contribution in [1.29, 1.82) is 0 Å². The molecule has 1 aliphatic heterocycles. The molecule has 0 radical (unpaired) electrons. The van der Waals surface area contributed by atoms with Crippen LogP contribution in [0.4, 0.5) is 13.2 Å². The molecule has 2 aromatic rings. The van der Waals surface area contributed by atoms with E-state index in [2.05, 4.69) is 14.1 Å². The molecule has 0 fully saturated rings. The zero-order valence-electron chi connectivity index (χ0n) is 13.0. The van der Waals surface area contributed by atoms with Crippen molar-refractivity contribution >= 4 is 10.1 Å². The molecule has 0 bridgehead atoms. The summed E-state index contributed by atoms with van der Waals surface area (Å²) in [6.45, 7) is 2.01. The minimum Gasteiger partial charge on any atom is -0.355 e. The van der Waals surface area contributed by atoms with Crippen molar-refractivity contribution < 1.29 is 25.8 Å². The average Bonchev–Trinajstić information content (AvgIpc) is 2.54. The molecule has 25 heavy (non-hydrogen) atoms. The van der Waals surface area contributed by atoms with Crippen LogP contribution in [0, 0.1) is 0 Å². The standard InChI is InChI=1S/C16H15F3N2O3S/c17-16(18,19)25(22,23)24-15-7-6-13-11-21(9-8-14(13)20-15)10-12-4-2-1-3-5-12/h1-7H,8-11H2. The minimum absolute atomic E-state index is 0.505. The van der Waals surface area contributed by atoms with Gasteiger partial charge in [0.1, 0.15) is 0 Å². The lowest BCUT2D eigenvalue weighted by Gasteiger charge is -2.28. The van der Waals surface area contributed by atoms with E-state index in [4.69, 9.17) is 0 Å². The van der Waals surface area contributed by atoms with Crippen LogP contribution in [-0.2, 0) is 29.6 Å². The van der Waals surface area contributed by atoms with Gasteiger partial charge in [-0.2, -0.15) is 21.6 Å². The number of fused-ring (bicyclic) bond motifs is 1. The first kappa shape index (κ1) is 17.7. The zero-order valence-corrected chi connectivity index (χ0v) is 13.8. The second kappa shape index (κ2) is 6.64. The van der Waals surface area contributed by atoms with Gasteiger partial charge in [-0.3, -0.25) is 4.90 Å². The van der Waals surface area contributed by atoms with Crippen molar-refractivity contribution in [2.24, 2.45) is 0 Å². The van der Waals surface area contributed by atoms with Crippen LogP contribution in [0.1, 0.15) is 16.8 Å². The molecule has 0 atom stereocenters. The summed E-state index contributed by atoms with van der Waals surface area (Å²) in [6, 6.07) is 12.6. The summed E-state index contributed by atoms with van der Waals surface area (Å²) in [5.41, 5.74) is -2.91. The number of pyridine rings is 1. The van der Waals surface area contributed by atoms with E-state index in [0.717, 1.165) is 23.7 Å². The molecule has 0 aliphatic carbocycles. The average molecular weight is 372 g/mol. The first-order valence-electron chi connectivity index (χ1n) is 7.50. The smallest absolute Gasteiger partial charge is 0.355 e. The van der Waals surface area contributed by atoms with Gasteiger partial charge < -0.3 is 4.18 Å². The van der Waals surface area contributed by atoms with Crippen LogP contribution in [-0.4, -0.2) is 30.4 Å². The van der Waals surface area contributed by atoms with E-state index in [1.807, 2.05) is 30.3 Å². The molecule has 0 unspecified atom stereocenters. The van der Waals surface area contributed by atoms with Gasteiger partial charge in [0.15, 0.2) is 0 Å². The fraction of sp³-hybridized carbons (Fsp3) is 0.312. The fourth-order valence-corrected chi connectivity index (χ4v) is 3.05. The van der Waals surface area contributed by atoms with E-state index in [0.29, 0.717) is 25.2 Å². The highest BCUT2D eigenvalue weighted by atomic mass is 32.2. The molecule has 0 saturated carbocycles. The highest BCUT2D eigenvalue weighted by Crippen LogP contribution is 2.28. The molecule has 1 aromatic carbocycles. The third-order valence-corrected chi connectivity index (χ3v) is 4.79. The lowest BCUT2D eigenvalue weighted by atomic mass is 10.0. The summed E-state index contributed by atoms with van der Waals surface area (Å²) in [5.74, 6) is -0.562. The van der Waals surface area contributed by atoms with Gasteiger partial charge in [0.05, 0.1) is 5.69 Å². The topological polar surface area (TPSA) is 59.5 Å². The number of hydrogen-bond acceptors (Lipinski definition) is 5. The van der Waals surface area contributed by atoms with Crippen molar-refractivity contribution in [3.8, 4) is 5.88 Å². The Morgan fingerprint density at radius 1 is 1.12 bits per heavy atom. The zero-order chi connectivity index (χ0) is 18.1.